The molecule has 6 nitrogen and oxygen atoms in total. The maximum absolute atomic E-state index is 11.4. The van der Waals surface area contributed by atoms with Crippen LogP contribution in [0, 0.1) is 34.5 Å². The second kappa shape index (κ2) is 7.24. The van der Waals surface area contributed by atoms with Gasteiger partial charge in [0.15, 0.2) is 11.8 Å². The van der Waals surface area contributed by atoms with Crippen LogP contribution in [0.15, 0.2) is 0 Å². The predicted molar refractivity (Wildman–Crippen MR) is 51.5 cm³/mol. The molecule has 0 bridgehead atoms. The molecule has 6 heteroatoms. The summed E-state index contributed by atoms with van der Waals surface area (Å²) in [6.07, 6.45) is 0. The van der Waals surface area contributed by atoms with Crippen molar-refractivity contribution < 1.29 is 19.1 Å². The number of hydrogen-bond donors (Lipinski definition) is 0. The zero-order chi connectivity index (χ0) is 12.6. The molecule has 0 saturated heterocycles. The third kappa shape index (κ3) is 3.58. The van der Waals surface area contributed by atoms with Crippen molar-refractivity contribution in [2.24, 2.45) is 11.8 Å². The summed E-state index contributed by atoms with van der Waals surface area (Å²) in [4.78, 5) is 22.8. The summed E-state index contributed by atoms with van der Waals surface area (Å²) in [7, 11) is 0. The van der Waals surface area contributed by atoms with Gasteiger partial charge in [-0.3, -0.25) is 9.59 Å². The molecule has 0 amide bonds. The Morgan fingerprint density at radius 1 is 1.06 bits per heavy atom. The molecule has 0 unspecified atom stereocenters. The predicted octanol–water partition coefficient (Wildman–Crippen LogP) is 0.392. The second-order valence-corrected chi connectivity index (χ2v) is 2.72. The molecule has 0 atom stereocenters. The van der Waals surface area contributed by atoms with Crippen molar-refractivity contribution >= 4 is 11.9 Å². The van der Waals surface area contributed by atoms with Gasteiger partial charge in [0, 0.05) is 0 Å². The van der Waals surface area contributed by atoms with E-state index in [1.807, 2.05) is 0 Å². The third-order valence-corrected chi connectivity index (χ3v) is 1.69. The van der Waals surface area contributed by atoms with E-state index in [2.05, 4.69) is 9.47 Å². The summed E-state index contributed by atoms with van der Waals surface area (Å²) in [5.74, 6) is -4.70. The van der Waals surface area contributed by atoms with E-state index in [1.54, 1.807) is 26.0 Å². The van der Waals surface area contributed by atoms with Crippen molar-refractivity contribution in [2.75, 3.05) is 13.2 Å². The van der Waals surface area contributed by atoms with Gasteiger partial charge >= 0.3 is 11.9 Å². The van der Waals surface area contributed by atoms with Gasteiger partial charge in [-0.25, -0.2) is 0 Å². The van der Waals surface area contributed by atoms with E-state index < -0.39 is 23.8 Å². The molecule has 0 aliphatic carbocycles. The van der Waals surface area contributed by atoms with Crippen LogP contribution in [0.3, 0.4) is 0 Å². The monoisotopic (exact) mass is 224 g/mol. The Labute approximate surface area is 93.4 Å². The molecular weight excluding hydrogens is 212 g/mol. The second-order valence-electron chi connectivity index (χ2n) is 2.72. The van der Waals surface area contributed by atoms with Gasteiger partial charge in [-0.1, -0.05) is 0 Å². The van der Waals surface area contributed by atoms with Crippen LogP contribution in [-0.4, -0.2) is 25.2 Å². The lowest BCUT2D eigenvalue weighted by molar-refractivity contribution is -0.162. The fourth-order valence-electron chi connectivity index (χ4n) is 1.01. The van der Waals surface area contributed by atoms with Crippen molar-refractivity contribution in [1.82, 2.24) is 0 Å². The van der Waals surface area contributed by atoms with Gasteiger partial charge < -0.3 is 9.47 Å². The largest absolute Gasteiger partial charge is 0.465 e. The number of nitrogens with zero attached hydrogens (tertiary/aromatic N) is 2. The molecule has 0 aromatic carbocycles. The summed E-state index contributed by atoms with van der Waals surface area (Å²) in [6.45, 7) is 3.26. The number of esters is 2. The minimum absolute atomic E-state index is 0.0678. The van der Waals surface area contributed by atoms with Gasteiger partial charge in [-0.05, 0) is 13.8 Å². The zero-order valence-electron chi connectivity index (χ0n) is 9.10. The summed E-state index contributed by atoms with van der Waals surface area (Å²) >= 11 is 0. The minimum atomic E-state index is -1.49. The third-order valence-electron chi connectivity index (χ3n) is 1.69. The molecule has 0 aromatic rings. The van der Waals surface area contributed by atoms with E-state index in [4.69, 9.17) is 10.5 Å². The van der Waals surface area contributed by atoms with Gasteiger partial charge in [0.1, 0.15) is 0 Å². The molecule has 0 spiro atoms. The highest BCUT2D eigenvalue weighted by Gasteiger charge is 2.38. The van der Waals surface area contributed by atoms with Crippen LogP contribution in [0.5, 0.6) is 0 Å². The van der Waals surface area contributed by atoms with Gasteiger partial charge in [-0.2, -0.15) is 10.5 Å². The van der Waals surface area contributed by atoms with Crippen LogP contribution < -0.4 is 0 Å². The molecule has 0 N–H and O–H groups in total. The number of rotatable bonds is 5. The Balaban J connectivity index is 4.91. The van der Waals surface area contributed by atoms with E-state index >= 15 is 0 Å². The van der Waals surface area contributed by atoms with E-state index in [0.717, 1.165) is 0 Å². The first kappa shape index (κ1) is 13.9. The Kier molecular flexibility index (Phi) is 6.30. The van der Waals surface area contributed by atoms with Crippen LogP contribution >= 0.6 is 0 Å². The van der Waals surface area contributed by atoms with E-state index in [9.17, 15) is 9.59 Å². The summed E-state index contributed by atoms with van der Waals surface area (Å²) in [5, 5.41) is 17.3. The first-order chi connectivity index (χ1) is 7.62. The van der Waals surface area contributed by atoms with Gasteiger partial charge in [0.2, 0.25) is 0 Å². The minimum Gasteiger partial charge on any atom is -0.465 e. The molecule has 0 rings (SSSR count). The molecule has 0 aromatic heterocycles. The Hall–Kier alpha value is -2.08. The van der Waals surface area contributed by atoms with Gasteiger partial charge in [0.25, 0.3) is 0 Å². The average Bonchev–Trinajstić information content (AvgIpc) is 2.25. The maximum Gasteiger partial charge on any atom is 0.322 e. The van der Waals surface area contributed by atoms with Gasteiger partial charge in [0.05, 0.1) is 25.4 Å². The lowest BCUT2D eigenvalue weighted by Gasteiger charge is -2.13. The first-order valence-electron chi connectivity index (χ1n) is 4.74. The number of carbonyl (C=O) groups is 2. The fraction of sp³-hybridized carbons (Fsp3) is 0.600. The summed E-state index contributed by atoms with van der Waals surface area (Å²) in [5.41, 5.74) is 0. The molecule has 0 radical (unpaired) electrons. The quantitative estimate of drug-likeness (QED) is 0.494. The number of ether oxygens (including phenoxy) is 2. The smallest absolute Gasteiger partial charge is 0.322 e. The molecular formula is C10H12N2O4. The maximum atomic E-state index is 11.4. The molecule has 0 fully saturated rings. The standard InChI is InChI=1S/C10H12N2O4/c1-3-15-9(13)8(7(5-11)6-12)10(14)16-4-2/h7-8H,3-4H2,1-2H3. The van der Waals surface area contributed by atoms with Crippen LogP contribution in [0.4, 0.5) is 0 Å². The highest BCUT2D eigenvalue weighted by atomic mass is 16.6. The topological polar surface area (TPSA) is 100 Å². The fourth-order valence-corrected chi connectivity index (χ4v) is 1.01. The van der Waals surface area contributed by atoms with Crippen molar-refractivity contribution in [2.45, 2.75) is 13.8 Å². The van der Waals surface area contributed by atoms with Crippen molar-refractivity contribution in [1.29, 1.82) is 10.5 Å². The van der Waals surface area contributed by atoms with Crippen molar-refractivity contribution in [3.63, 3.8) is 0 Å². The number of hydrogen-bond acceptors (Lipinski definition) is 6. The SMILES string of the molecule is CCOC(=O)C(C(=O)OCC)C(C#N)C#N. The van der Waals surface area contributed by atoms with E-state index in [-0.39, 0.29) is 13.2 Å². The Morgan fingerprint density at radius 3 is 1.69 bits per heavy atom. The van der Waals surface area contributed by atoms with Gasteiger partial charge in [-0.15, -0.1) is 0 Å². The lowest BCUT2D eigenvalue weighted by atomic mass is 9.95. The normalized spacial score (nSPS) is 9.38. The average molecular weight is 224 g/mol. The molecule has 0 heterocycles. The van der Waals surface area contributed by atoms with Crippen molar-refractivity contribution in [3.05, 3.63) is 0 Å². The van der Waals surface area contributed by atoms with E-state index in [0.29, 0.717) is 0 Å². The molecule has 86 valence electrons. The van der Waals surface area contributed by atoms with Crippen LogP contribution in [0.25, 0.3) is 0 Å². The first-order valence-corrected chi connectivity index (χ1v) is 4.74. The molecule has 0 saturated carbocycles. The highest BCUT2D eigenvalue weighted by Crippen LogP contribution is 2.15. The molecule has 0 aliphatic heterocycles. The number of carbonyl (C=O) groups excluding carboxylic acids is 2. The lowest BCUT2D eigenvalue weighted by Crippen LogP contribution is -2.33. The summed E-state index contributed by atoms with van der Waals surface area (Å²) in [6, 6.07) is 3.14. The van der Waals surface area contributed by atoms with Crippen LogP contribution in [0.1, 0.15) is 13.8 Å². The Bertz CT molecular complexity index is 308. The van der Waals surface area contributed by atoms with Crippen LogP contribution in [0.2, 0.25) is 0 Å². The van der Waals surface area contributed by atoms with Crippen LogP contribution in [-0.2, 0) is 19.1 Å². The molecule has 0 aliphatic rings. The molecule has 16 heavy (non-hydrogen) atoms. The summed E-state index contributed by atoms with van der Waals surface area (Å²) < 4.78 is 9.23. The van der Waals surface area contributed by atoms with Crippen molar-refractivity contribution in [3.8, 4) is 12.1 Å². The van der Waals surface area contributed by atoms with E-state index in [1.165, 1.54) is 0 Å². The highest BCUT2D eigenvalue weighted by molar-refractivity contribution is 5.96. The number of nitriles is 2. The Morgan fingerprint density at radius 2 is 1.44 bits per heavy atom. The zero-order valence-corrected chi connectivity index (χ0v) is 9.10.